The van der Waals surface area contributed by atoms with Crippen LogP contribution in [0.4, 0.5) is 5.82 Å². The number of nitrogen functional groups attached to an aromatic ring is 1. The summed E-state index contributed by atoms with van der Waals surface area (Å²) < 4.78 is 0. The Morgan fingerprint density at radius 1 is 1.04 bits per heavy atom. The molecule has 0 aliphatic rings. The first-order valence-electron chi connectivity index (χ1n) is 7.42. The van der Waals surface area contributed by atoms with E-state index in [1.165, 1.54) is 11.8 Å². The third kappa shape index (κ3) is 3.30. The smallest absolute Gasteiger partial charge is 0.143 e. The molecule has 2 N–H and O–H groups in total. The second-order valence-corrected chi connectivity index (χ2v) is 6.37. The van der Waals surface area contributed by atoms with Crippen LogP contribution in [-0.4, -0.2) is 9.97 Å². The van der Waals surface area contributed by atoms with Crippen molar-refractivity contribution >= 4 is 17.6 Å². The maximum Gasteiger partial charge on any atom is 0.143 e. The Labute approximate surface area is 149 Å². The van der Waals surface area contributed by atoms with E-state index in [-0.39, 0.29) is 11.4 Å². The first kappa shape index (κ1) is 16.5. The van der Waals surface area contributed by atoms with E-state index in [1.807, 2.05) is 31.2 Å². The summed E-state index contributed by atoms with van der Waals surface area (Å²) in [5, 5.41) is 19.7. The summed E-state index contributed by atoms with van der Waals surface area (Å²) in [6.45, 7) is 2.01. The minimum Gasteiger partial charge on any atom is -0.383 e. The molecule has 3 aromatic rings. The second kappa shape index (κ2) is 7.04. The Morgan fingerprint density at radius 2 is 1.76 bits per heavy atom. The molecule has 2 aromatic heterocycles. The molecular formula is C19H13N5S. The van der Waals surface area contributed by atoms with Gasteiger partial charge >= 0.3 is 0 Å². The molecule has 0 saturated carbocycles. The molecule has 120 valence electrons. The molecule has 0 bridgehead atoms. The predicted octanol–water partition coefficient (Wildman–Crippen LogP) is 3.93. The molecule has 0 fully saturated rings. The van der Waals surface area contributed by atoms with E-state index in [2.05, 4.69) is 22.1 Å². The van der Waals surface area contributed by atoms with Gasteiger partial charge in [0.1, 0.15) is 28.5 Å². The fraction of sp³-hybridized carbons (Fsp3) is 0.0526. The summed E-state index contributed by atoms with van der Waals surface area (Å²) in [4.78, 5) is 9.31. The minimum absolute atomic E-state index is 0.106. The molecule has 0 atom stereocenters. The van der Waals surface area contributed by atoms with Gasteiger partial charge in [0.05, 0.1) is 5.56 Å². The van der Waals surface area contributed by atoms with E-state index in [0.29, 0.717) is 21.7 Å². The molecule has 0 saturated heterocycles. The highest BCUT2D eigenvalue weighted by Crippen LogP contribution is 2.37. The van der Waals surface area contributed by atoms with E-state index in [1.54, 1.807) is 24.5 Å². The lowest BCUT2D eigenvalue weighted by molar-refractivity contribution is 1.11. The van der Waals surface area contributed by atoms with Crippen LogP contribution in [0.15, 0.2) is 58.7 Å². The van der Waals surface area contributed by atoms with E-state index < -0.39 is 0 Å². The number of rotatable bonds is 3. The number of anilines is 1. The Morgan fingerprint density at radius 3 is 2.36 bits per heavy atom. The summed E-state index contributed by atoms with van der Waals surface area (Å²) in [6.07, 6.45) is 3.24. The molecule has 5 nitrogen and oxygen atoms in total. The Hall–Kier alpha value is -3.35. The molecule has 0 radical (unpaired) electrons. The predicted molar refractivity (Wildman–Crippen MR) is 96.6 cm³/mol. The van der Waals surface area contributed by atoms with Gasteiger partial charge in [-0.05, 0) is 25.1 Å². The maximum absolute atomic E-state index is 9.72. The van der Waals surface area contributed by atoms with Crippen molar-refractivity contribution in [1.29, 1.82) is 10.5 Å². The minimum atomic E-state index is 0.106. The Balaban J connectivity index is 2.21. The van der Waals surface area contributed by atoms with Gasteiger partial charge in [0.2, 0.25) is 0 Å². The molecule has 6 heteroatoms. The summed E-state index contributed by atoms with van der Waals surface area (Å²) in [5.41, 5.74) is 8.79. The quantitative estimate of drug-likeness (QED) is 0.773. The van der Waals surface area contributed by atoms with Crippen molar-refractivity contribution in [3.05, 3.63) is 65.5 Å². The molecule has 0 amide bonds. The first-order valence-corrected chi connectivity index (χ1v) is 8.24. The lowest BCUT2D eigenvalue weighted by Crippen LogP contribution is -2.03. The third-order valence-corrected chi connectivity index (χ3v) is 4.60. The molecule has 1 aromatic carbocycles. The molecule has 0 spiro atoms. The van der Waals surface area contributed by atoms with Crippen molar-refractivity contribution in [3.8, 4) is 23.3 Å². The molecule has 2 heterocycles. The number of nitrogens with zero attached hydrogens (tertiary/aromatic N) is 4. The third-order valence-electron chi connectivity index (χ3n) is 3.60. The highest BCUT2D eigenvalue weighted by Gasteiger charge is 2.20. The molecule has 25 heavy (non-hydrogen) atoms. The average Bonchev–Trinajstić information content (AvgIpc) is 2.64. The van der Waals surface area contributed by atoms with Crippen LogP contribution in [0.1, 0.15) is 16.7 Å². The van der Waals surface area contributed by atoms with Gasteiger partial charge in [-0.15, -0.1) is 0 Å². The number of nitriles is 2. The van der Waals surface area contributed by atoms with Crippen molar-refractivity contribution in [3.63, 3.8) is 0 Å². The van der Waals surface area contributed by atoms with E-state index in [4.69, 9.17) is 5.73 Å². The summed E-state index contributed by atoms with van der Waals surface area (Å²) in [7, 11) is 0. The monoisotopic (exact) mass is 343 g/mol. The number of aryl methyl sites for hydroxylation is 1. The largest absolute Gasteiger partial charge is 0.383 e. The maximum atomic E-state index is 9.72. The van der Waals surface area contributed by atoms with E-state index in [0.717, 1.165) is 10.5 Å². The lowest BCUT2D eigenvalue weighted by atomic mass is 9.98. The van der Waals surface area contributed by atoms with Crippen molar-refractivity contribution in [2.24, 2.45) is 0 Å². The van der Waals surface area contributed by atoms with Gasteiger partial charge in [0.25, 0.3) is 0 Å². The van der Waals surface area contributed by atoms with Crippen molar-refractivity contribution < 1.29 is 0 Å². The summed E-state index contributed by atoms with van der Waals surface area (Å²) in [5.74, 6) is 0.106. The summed E-state index contributed by atoms with van der Waals surface area (Å²) >= 11 is 1.35. The van der Waals surface area contributed by atoms with Gasteiger partial charge in [-0.2, -0.15) is 10.5 Å². The van der Waals surface area contributed by atoms with Gasteiger partial charge in [-0.1, -0.05) is 35.5 Å². The molecule has 0 aliphatic heterocycles. The van der Waals surface area contributed by atoms with Crippen molar-refractivity contribution in [1.82, 2.24) is 9.97 Å². The second-order valence-electron chi connectivity index (χ2n) is 5.31. The van der Waals surface area contributed by atoms with Crippen LogP contribution in [0.3, 0.4) is 0 Å². The standard InChI is InChI=1S/C19H13N5S/c1-12-4-6-14(7-5-12)25-19-16(10-21)17(13-3-2-8-23-11-13)15(9-20)18(22)24-19/h2-8,11H,1H3,(H2,22,24). The lowest BCUT2D eigenvalue weighted by Gasteiger charge is -2.12. The normalized spacial score (nSPS) is 10.0. The topological polar surface area (TPSA) is 99.4 Å². The fourth-order valence-electron chi connectivity index (χ4n) is 2.39. The first-order chi connectivity index (χ1) is 12.1. The van der Waals surface area contributed by atoms with Crippen LogP contribution in [0, 0.1) is 29.6 Å². The van der Waals surface area contributed by atoms with Crippen molar-refractivity contribution in [2.45, 2.75) is 16.8 Å². The highest BCUT2D eigenvalue weighted by atomic mass is 32.2. The number of hydrogen-bond donors (Lipinski definition) is 1. The van der Waals surface area contributed by atoms with Crippen LogP contribution >= 0.6 is 11.8 Å². The Bertz CT molecular complexity index is 999. The Kier molecular flexibility index (Phi) is 4.65. The van der Waals surface area contributed by atoms with Gasteiger partial charge in [-0.25, -0.2) is 4.98 Å². The van der Waals surface area contributed by atoms with E-state index >= 15 is 0 Å². The molecule has 0 unspecified atom stereocenters. The van der Waals surface area contributed by atoms with Crippen molar-refractivity contribution in [2.75, 3.05) is 5.73 Å². The van der Waals surface area contributed by atoms with Crippen LogP contribution in [0.2, 0.25) is 0 Å². The van der Waals surface area contributed by atoms with Gasteiger partial charge < -0.3 is 5.73 Å². The number of benzene rings is 1. The zero-order chi connectivity index (χ0) is 17.8. The van der Waals surface area contributed by atoms with Crippen LogP contribution < -0.4 is 5.73 Å². The molecule has 0 aliphatic carbocycles. The van der Waals surface area contributed by atoms with Gasteiger partial charge in [0.15, 0.2) is 0 Å². The zero-order valence-corrected chi connectivity index (χ0v) is 14.2. The number of hydrogen-bond acceptors (Lipinski definition) is 6. The highest BCUT2D eigenvalue weighted by molar-refractivity contribution is 7.99. The van der Waals surface area contributed by atoms with Crippen LogP contribution in [0.25, 0.3) is 11.1 Å². The zero-order valence-electron chi connectivity index (χ0n) is 13.4. The van der Waals surface area contributed by atoms with Gasteiger partial charge in [-0.3, -0.25) is 4.98 Å². The fourth-order valence-corrected chi connectivity index (χ4v) is 3.28. The average molecular weight is 343 g/mol. The van der Waals surface area contributed by atoms with Gasteiger partial charge in [0, 0.05) is 28.4 Å². The van der Waals surface area contributed by atoms with Crippen LogP contribution in [0.5, 0.6) is 0 Å². The molecular weight excluding hydrogens is 330 g/mol. The number of nitrogens with two attached hydrogens (primary N) is 1. The number of pyridine rings is 2. The van der Waals surface area contributed by atoms with Crippen LogP contribution in [-0.2, 0) is 0 Å². The molecule has 3 rings (SSSR count). The number of aromatic nitrogens is 2. The van der Waals surface area contributed by atoms with E-state index in [9.17, 15) is 10.5 Å². The SMILES string of the molecule is Cc1ccc(Sc2nc(N)c(C#N)c(-c3cccnc3)c2C#N)cc1. The summed E-state index contributed by atoms with van der Waals surface area (Å²) in [6, 6.07) is 15.7.